The lowest BCUT2D eigenvalue weighted by molar-refractivity contribution is 0.578. The van der Waals surface area contributed by atoms with Crippen LogP contribution in [0.15, 0.2) is 27.6 Å². The number of hydrogen-bond donors (Lipinski definition) is 1. The zero-order valence-corrected chi connectivity index (χ0v) is 13.8. The molecular formula is C12H18BrNO2S2. The van der Waals surface area contributed by atoms with Crippen molar-refractivity contribution < 1.29 is 8.42 Å². The Morgan fingerprint density at radius 2 is 2.06 bits per heavy atom. The quantitative estimate of drug-likeness (QED) is 0.767. The molecule has 0 bridgehead atoms. The van der Waals surface area contributed by atoms with Crippen LogP contribution in [0.2, 0.25) is 0 Å². The summed E-state index contributed by atoms with van der Waals surface area (Å²) in [7, 11) is -3.40. The summed E-state index contributed by atoms with van der Waals surface area (Å²) in [4.78, 5) is 0.304. The van der Waals surface area contributed by atoms with Gasteiger partial charge in [-0.05, 0) is 65.4 Å². The van der Waals surface area contributed by atoms with E-state index >= 15 is 0 Å². The minimum absolute atomic E-state index is 0.304. The maximum Gasteiger partial charge on any atom is 0.241 e. The number of sulfonamides is 1. The lowest BCUT2D eigenvalue weighted by atomic mass is 10.2. The SMILES string of the molecule is CSCCCCNS(=O)(=O)c1ccc(C)cc1Br. The van der Waals surface area contributed by atoms with Gasteiger partial charge in [-0.25, -0.2) is 13.1 Å². The van der Waals surface area contributed by atoms with E-state index in [0.717, 1.165) is 24.2 Å². The third-order valence-electron chi connectivity index (χ3n) is 2.44. The number of unbranched alkanes of at least 4 members (excludes halogenated alkanes) is 1. The van der Waals surface area contributed by atoms with E-state index < -0.39 is 10.0 Å². The van der Waals surface area contributed by atoms with Gasteiger partial charge in [0.2, 0.25) is 10.0 Å². The number of halogens is 1. The highest BCUT2D eigenvalue weighted by Gasteiger charge is 2.16. The topological polar surface area (TPSA) is 46.2 Å². The molecule has 0 heterocycles. The van der Waals surface area contributed by atoms with Gasteiger partial charge in [0.25, 0.3) is 0 Å². The smallest absolute Gasteiger partial charge is 0.211 e. The Kier molecular flexibility index (Phi) is 6.70. The van der Waals surface area contributed by atoms with Crippen LogP contribution in [0.25, 0.3) is 0 Å². The molecule has 102 valence electrons. The summed E-state index contributed by atoms with van der Waals surface area (Å²) >= 11 is 5.07. The van der Waals surface area contributed by atoms with E-state index in [-0.39, 0.29) is 0 Å². The van der Waals surface area contributed by atoms with Crippen molar-refractivity contribution in [3.8, 4) is 0 Å². The van der Waals surface area contributed by atoms with Crippen LogP contribution in [0.5, 0.6) is 0 Å². The highest BCUT2D eigenvalue weighted by atomic mass is 79.9. The summed E-state index contributed by atoms with van der Waals surface area (Å²) in [6.45, 7) is 2.42. The molecule has 0 radical (unpaired) electrons. The number of thioether (sulfide) groups is 1. The van der Waals surface area contributed by atoms with Crippen LogP contribution >= 0.6 is 27.7 Å². The van der Waals surface area contributed by atoms with E-state index in [1.54, 1.807) is 23.9 Å². The summed E-state index contributed by atoms with van der Waals surface area (Å²) < 4.78 is 27.3. The molecule has 3 nitrogen and oxygen atoms in total. The van der Waals surface area contributed by atoms with Crippen molar-refractivity contribution in [2.24, 2.45) is 0 Å². The maximum atomic E-state index is 12.1. The molecule has 0 saturated heterocycles. The van der Waals surface area contributed by atoms with Gasteiger partial charge in [-0.2, -0.15) is 11.8 Å². The van der Waals surface area contributed by atoms with Crippen LogP contribution < -0.4 is 4.72 Å². The van der Waals surface area contributed by atoms with Crippen molar-refractivity contribution in [3.05, 3.63) is 28.2 Å². The van der Waals surface area contributed by atoms with E-state index in [9.17, 15) is 8.42 Å². The summed E-state index contributed by atoms with van der Waals surface area (Å²) in [6.07, 6.45) is 3.94. The first-order valence-corrected chi connectivity index (χ1v) is 9.39. The molecule has 0 saturated carbocycles. The van der Waals surface area contributed by atoms with Gasteiger partial charge in [0.15, 0.2) is 0 Å². The number of nitrogens with one attached hydrogen (secondary N) is 1. The Labute approximate surface area is 122 Å². The monoisotopic (exact) mass is 351 g/mol. The van der Waals surface area contributed by atoms with Gasteiger partial charge in [0, 0.05) is 11.0 Å². The van der Waals surface area contributed by atoms with Crippen molar-refractivity contribution in [1.82, 2.24) is 4.72 Å². The molecule has 1 aromatic rings. The van der Waals surface area contributed by atoms with Crippen LogP contribution in [0, 0.1) is 6.92 Å². The largest absolute Gasteiger partial charge is 0.241 e. The Morgan fingerprint density at radius 1 is 1.33 bits per heavy atom. The first kappa shape index (κ1) is 16.0. The second-order valence-electron chi connectivity index (χ2n) is 4.03. The predicted molar refractivity (Wildman–Crippen MR) is 81.7 cm³/mol. The summed E-state index contributed by atoms with van der Waals surface area (Å²) in [6, 6.07) is 5.24. The zero-order chi connectivity index (χ0) is 13.6. The molecule has 6 heteroatoms. The summed E-state index contributed by atoms with van der Waals surface area (Å²) in [5.74, 6) is 1.07. The molecule has 18 heavy (non-hydrogen) atoms. The first-order valence-electron chi connectivity index (χ1n) is 5.72. The standard InChI is InChI=1S/C12H18BrNO2S2/c1-10-5-6-12(11(13)9-10)18(15,16)14-7-3-4-8-17-2/h5-6,9,14H,3-4,7-8H2,1-2H3. The average Bonchev–Trinajstić information content (AvgIpc) is 2.28. The number of aryl methyl sites for hydroxylation is 1. The minimum atomic E-state index is -3.40. The molecule has 1 N–H and O–H groups in total. The van der Waals surface area contributed by atoms with Crippen LogP contribution in [0.1, 0.15) is 18.4 Å². The fourth-order valence-corrected chi connectivity index (χ4v) is 4.24. The number of hydrogen-bond acceptors (Lipinski definition) is 3. The molecule has 0 aliphatic carbocycles. The molecule has 0 spiro atoms. The molecule has 0 amide bonds. The van der Waals surface area contributed by atoms with Crippen molar-refractivity contribution in [2.45, 2.75) is 24.7 Å². The Bertz CT molecular complexity index is 489. The van der Waals surface area contributed by atoms with E-state index in [2.05, 4.69) is 20.7 Å². The summed E-state index contributed by atoms with van der Waals surface area (Å²) in [5.41, 5.74) is 1.03. The van der Waals surface area contributed by atoms with Gasteiger partial charge in [-0.3, -0.25) is 0 Å². The Hall–Kier alpha value is -0.0400. The van der Waals surface area contributed by atoms with E-state index in [1.807, 2.05) is 19.2 Å². The number of rotatable bonds is 7. The molecule has 1 aromatic carbocycles. The highest BCUT2D eigenvalue weighted by Crippen LogP contribution is 2.22. The van der Waals surface area contributed by atoms with Gasteiger partial charge in [-0.1, -0.05) is 6.07 Å². The molecule has 0 aromatic heterocycles. The van der Waals surface area contributed by atoms with Crippen LogP contribution in [-0.4, -0.2) is 27.0 Å². The average molecular weight is 352 g/mol. The fraction of sp³-hybridized carbons (Fsp3) is 0.500. The zero-order valence-electron chi connectivity index (χ0n) is 10.6. The van der Waals surface area contributed by atoms with Gasteiger partial charge in [0.05, 0.1) is 4.90 Å². The van der Waals surface area contributed by atoms with Crippen molar-refractivity contribution >= 4 is 37.7 Å². The Balaban J connectivity index is 2.63. The van der Waals surface area contributed by atoms with E-state index in [1.165, 1.54) is 0 Å². The molecule has 0 atom stereocenters. The predicted octanol–water partition coefficient (Wildman–Crippen LogP) is 3.18. The van der Waals surface area contributed by atoms with Crippen LogP contribution in [0.4, 0.5) is 0 Å². The minimum Gasteiger partial charge on any atom is -0.211 e. The second kappa shape index (κ2) is 7.53. The van der Waals surface area contributed by atoms with Crippen molar-refractivity contribution in [3.63, 3.8) is 0 Å². The third-order valence-corrected chi connectivity index (χ3v) is 5.58. The van der Waals surface area contributed by atoms with Gasteiger partial charge < -0.3 is 0 Å². The normalized spacial score (nSPS) is 11.7. The molecule has 1 rings (SSSR count). The fourth-order valence-electron chi connectivity index (χ4n) is 1.48. The molecule has 0 aliphatic rings. The molecule has 0 unspecified atom stereocenters. The Morgan fingerprint density at radius 3 is 2.67 bits per heavy atom. The molecular weight excluding hydrogens is 334 g/mol. The number of benzene rings is 1. The summed E-state index contributed by atoms with van der Waals surface area (Å²) in [5, 5.41) is 0. The second-order valence-corrected chi connectivity index (χ2v) is 7.61. The lowest BCUT2D eigenvalue weighted by Gasteiger charge is -2.08. The van der Waals surface area contributed by atoms with Gasteiger partial charge in [0.1, 0.15) is 0 Å². The van der Waals surface area contributed by atoms with E-state index in [0.29, 0.717) is 15.9 Å². The third kappa shape index (κ3) is 4.91. The maximum absolute atomic E-state index is 12.1. The lowest BCUT2D eigenvalue weighted by Crippen LogP contribution is -2.25. The first-order chi connectivity index (χ1) is 8.47. The van der Waals surface area contributed by atoms with Gasteiger partial charge >= 0.3 is 0 Å². The molecule has 0 aliphatic heterocycles. The molecule has 0 fully saturated rings. The van der Waals surface area contributed by atoms with Crippen molar-refractivity contribution in [1.29, 1.82) is 0 Å². The van der Waals surface area contributed by atoms with E-state index in [4.69, 9.17) is 0 Å². The van der Waals surface area contributed by atoms with Gasteiger partial charge in [-0.15, -0.1) is 0 Å². The van der Waals surface area contributed by atoms with Crippen LogP contribution in [0.3, 0.4) is 0 Å². The highest BCUT2D eigenvalue weighted by molar-refractivity contribution is 9.10. The van der Waals surface area contributed by atoms with Crippen LogP contribution in [-0.2, 0) is 10.0 Å². The van der Waals surface area contributed by atoms with Crippen molar-refractivity contribution in [2.75, 3.05) is 18.6 Å².